The highest BCUT2D eigenvalue weighted by atomic mass is 35.5. The summed E-state index contributed by atoms with van der Waals surface area (Å²) in [4.78, 5) is 0. The second-order valence-electron chi connectivity index (χ2n) is 3.58. The number of nitrogens with two attached hydrogens (primary N) is 1. The first kappa shape index (κ1) is 13.6. The number of rotatable bonds is 6. The molecule has 0 saturated heterocycles. The van der Waals surface area contributed by atoms with Gasteiger partial charge in [-0.25, -0.2) is 4.39 Å². The highest BCUT2D eigenvalue weighted by Crippen LogP contribution is 2.21. The second kappa shape index (κ2) is 6.96. The molecule has 1 aromatic rings. The molecule has 0 amide bonds. The third kappa shape index (κ3) is 4.48. The molecular weight excluding hydrogens is 245 g/mol. The third-order valence-corrected chi connectivity index (χ3v) is 2.55. The zero-order valence-electron chi connectivity index (χ0n) is 9.29. The number of amidine groups is 1. The summed E-state index contributed by atoms with van der Waals surface area (Å²) < 4.78 is 13.4. The van der Waals surface area contributed by atoms with Crippen molar-refractivity contribution in [3.63, 3.8) is 0 Å². The van der Waals surface area contributed by atoms with Gasteiger partial charge >= 0.3 is 0 Å². The summed E-state index contributed by atoms with van der Waals surface area (Å²) in [6.07, 6.45) is 2.09. The van der Waals surface area contributed by atoms with Gasteiger partial charge < -0.3 is 16.3 Å². The molecule has 0 unspecified atom stereocenters. The van der Waals surface area contributed by atoms with Crippen LogP contribution in [0.4, 0.5) is 10.1 Å². The molecule has 1 aromatic carbocycles. The first-order valence-electron chi connectivity index (χ1n) is 5.29. The fourth-order valence-corrected chi connectivity index (χ4v) is 1.52. The van der Waals surface area contributed by atoms with Crippen molar-refractivity contribution in [3.8, 4) is 0 Å². The molecule has 0 saturated carbocycles. The number of anilines is 1. The Morgan fingerprint density at radius 3 is 2.94 bits per heavy atom. The molecule has 0 bridgehead atoms. The fraction of sp³-hybridized carbons (Fsp3) is 0.364. The molecule has 17 heavy (non-hydrogen) atoms. The van der Waals surface area contributed by atoms with Crippen LogP contribution in [0.1, 0.15) is 19.3 Å². The van der Waals surface area contributed by atoms with Crippen molar-refractivity contribution in [1.82, 2.24) is 0 Å². The third-order valence-electron chi connectivity index (χ3n) is 2.26. The average Bonchev–Trinajstić information content (AvgIpc) is 2.33. The van der Waals surface area contributed by atoms with Crippen molar-refractivity contribution in [2.75, 3.05) is 11.9 Å². The summed E-state index contributed by atoms with van der Waals surface area (Å²) in [5.74, 6) is -0.232. The van der Waals surface area contributed by atoms with Crippen molar-refractivity contribution >= 4 is 23.1 Å². The number of nitrogens with one attached hydrogen (secondary N) is 1. The smallest absolute Gasteiger partial charge is 0.164 e. The second-order valence-corrected chi connectivity index (χ2v) is 3.98. The lowest BCUT2D eigenvalue weighted by molar-refractivity contribution is 0.316. The lowest BCUT2D eigenvalue weighted by Crippen LogP contribution is -2.12. The molecule has 94 valence electrons. The van der Waals surface area contributed by atoms with Gasteiger partial charge in [-0.15, -0.1) is 0 Å². The maximum atomic E-state index is 13.4. The lowest BCUT2D eigenvalue weighted by atomic mass is 10.2. The molecule has 0 spiro atoms. The van der Waals surface area contributed by atoms with E-state index in [4.69, 9.17) is 22.5 Å². The molecule has 0 aliphatic heterocycles. The van der Waals surface area contributed by atoms with Gasteiger partial charge in [-0.05, 0) is 25.0 Å². The summed E-state index contributed by atoms with van der Waals surface area (Å²) in [7, 11) is 0. The van der Waals surface area contributed by atoms with Gasteiger partial charge in [0.05, 0.1) is 10.7 Å². The minimum atomic E-state index is -0.439. The average molecular weight is 260 g/mol. The van der Waals surface area contributed by atoms with E-state index in [1.165, 1.54) is 6.07 Å². The van der Waals surface area contributed by atoms with Crippen LogP contribution in [0.3, 0.4) is 0 Å². The van der Waals surface area contributed by atoms with Gasteiger partial charge in [-0.3, -0.25) is 0 Å². The molecule has 0 aliphatic carbocycles. The van der Waals surface area contributed by atoms with E-state index < -0.39 is 5.82 Å². The largest absolute Gasteiger partial charge is 0.409 e. The normalized spacial score (nSPS) is 11.5. The predicted octanol–water partition coefficient (Wildman–Crippen LogP) is 2.81. The minimum Gasteiger partial charge on any atom is -0.409 e. The Labute approximate surface area is 104 Å². The first-order chi connectivity index (χ1) is 8.15. The van der Waals surface area contributed by atoms with Gasteiger partial charge in [-0.1, -0.05) is 22.8 Å². The molecule has 0 radical (unpaired) electrons. The minimum absolute atomic E-state index is 0.103. The molecule has 1 rings (SSSR count). The van der Waals surface area contributed by atoms with Crippen LogP contribution < -0.4 is 11.1 Å². The van der Waals surface area contributed by atoms with E-state index in [-0.39, 0.29) is 10.9 Å². The predicted molar refractivity (Wildman–Crippen MR) is 67.2 cm³/mol. The summed E-state index contributed by atoms with van der Waals surface area (Å²) >= 11 is 5.64. The van der Waals surface area contributed by atoms with Gasteiger partial charge in [0.2, 0.25) is 0 Å². The number of halogens is 2. The van der Waals surface area contributed by atoms with Crippen molar-refractivity contribution in [3.05, 3.63) is 29.0 Å². The molecule has 0 fully saturated rings. The number of oxime groups is 1. The van der Waals surface area contributed by atoms with Gasteiger partial charge in [0, 0.05) is 13.0 Å². The van der Waals surface area contributed by atoms with Crippen LogP contribution in [0, 0.1) is 5.82 Å². The molecule has 4 nitrogen and oxygen atoms in total. The number of hydrogen-bond donors (Lipinski definition) is 3. The number of benzene rings is 1. The molecule has 0 aliphatic rings. The van der Waals surface area contributed by atoms with Crippen LogP contribution in [-0.2, 0) is 0 Å². The zero-order valence-corrected chi connectivity index (χ0v) is 10.0. The molecular formula is C11H15ClFN3O. The zero-order chi connectivity index (χ0) is 12.7. The van der Waals surface area contributed by atoms with Crippen LogP contribution in [-0.4, -0.2) is 17.6 Å². The lowest BCUT2D eigenvalue weighted by Gasteiger charge is -2.07. The number of unbranched alkanes of at least 4 members (excludes halogenated alkanes) is 1. The van der Waals surface area contributed by atoms with Gasteiger partial charge in [0.1, 0.15) is 5.84 Å². The quantitative estimate of drug-likeness (QED) is 0.242. The SMILES string of the molecule is NC(CCCCNc1cccc(Cl)c1F)=NO. The fourth-order valence-electron chi connectivity index (χ4n) is 1.34. The summed E-state index contributed by atoms with van der Waals surface area (Å²) in [5.41, 5.74) is 5.70. The Hall–Kier alpha value is -1.49. The number of hydrogen-bond acceptors (Lipinski definition) is 3. The van der Waals surface area contributed by atoms with E-state index in [1.807, 2.05) is 0 Å². The number of nitrogens with zero attached hydrogens (tertiary/aromatic N) is 1. The summed E-state index contributed by atoms with van der Waals surface area (Å²) in [6.45, 7) is 0.607. The summed E-state index contributed by atoms with van der Waals surface area (Å²) in [6, 6.07) is 4.81. The molecule has 4 N–H and O–H groups in total. The van der Waals surface area contributed by atoms with Crippen LogP contribution in [0.15, 0.2) is 23.4 Å². The van der Waals surface area contributed by atoms with E-state index in [1.54, 1.807) is 12.1 Å². The van der Waals surface area contributed by atoms with Gasteiger partial charge in [0.25, 0.3) is 0 Å². The first-order valence-corrected chi connectivity index (χ1v) is 5.67. The maximum absolute atomic E-state index is 13.4. The standard InChI is InChI=1S/C11H15ClFN3O/c12-8-4-3-5-9(11(8)13)15-7-2-1-6-10(14)16-17/h3-5,15,17H,1-2,6-7H2,(H2,14,16). The van der Waals surface area contributed by atoms with Crippen LogP contribution in [0.25, 0.3) is 0 Å². The van der Waals surface area contributed by atoms with E-state index >= 15 is 0 Å². The van der Waals surface area contributed by atoms with E-state index in [0.717, 1.165) is 12.8 Å². The van der Waals surface area contributed by atoms with Crippen molar-refractivity contribution in [2.45, 2.75) is 19.3 Å². The Morgan fingerprint density at radius 1 is 1.47 bits per heavy atom. The van der Waals surface area contributed by atoms with E-state index in [0.29, 0.717) is 18.7 Å². The summed E-state index contributed by atoms with van der Waals surface area (Å²) in [5, 5.41) is 14.2. The highest BCUT2D eigenvalue weighted by molar-refractivity contribution is 6.31. The monoisotopic (exact) mass is 259 g/mol. The van der Waals surface area contributed by atoms with Gasteiger partial charge in [0.15, 0.2) is 5.82 Å². The Balaban J connectivity index is 2.29. The molecule has 6 heteroatoms. The maximum Gasteiger partial charge on any atom is 0.164 e. The molecule has 0 aromatic heterocycles. The molecule has 0 atom stereocenters. The van der Waals surface area contributed by atoms with Crippen molar-refractivity contribution in [1.29, 1.82) is 0 Å². The van der Waals surface area contributed by atoms with E-state index in [2.05, 4.69) is 10.5 Å². The topological polar surface area (TPSA) is 70.6 Å². The van der Waals surface area contributed by atoms with E-state index in [9.17, 15) is 4.39 Å². The Kier molecular flexibility index (Phi) is 5.56. The Bertz CT molecular complexity index is 398. The van der Waals surface area contributed by atoms with Crippen LogP contribution in [0.5, 0.6) is 0 Å². The van der Waals surface area contributed by atoms with Crippen molar-refractivity contribution in [2.24, 2.45) is 10.9 Å². The van der Waals surface area contributed by atoms with Crippen molar-refractivity contribution < 1.29 is 9.60 Å². The van der Waals surface area contributed by atoms with Gasteiger partial charge in [-0.2, -0.15) is 0 Å². The van der Waals surface area contributed by atoms with Crippen LogP contribution in [0.2, 0.25) is 5.02 Å². The van der Waals surface area contributed by atoms with Crippen LogP contribution >= 0.6 is 11.6 Å². The highest BCUT2D eigenvalue weighted by Gasteiger charge is 2.04. The Morgan fingerprint density at radius 2 is 2.24 bits per heavy atom. The molecule has 0 heterocycles.